The molecular formula is C15H25BN2O3. The first kappa shape index (κ1) is 16.3. The van der Waals surface area contributed by atoms with Crippen LogP contribution in [-0.4, -0.2) is 73.8 Å². The molecule has 0 aromatic heterocycles. The Kier molecular flexibility index (Phi) is 6.05. The van der Waals surface area contributed by atoms with Crippen LogP contribution in [0.2, 0.25) is 0 Å². The highest BCUT2D eigenvalue weighted by Gasteiger charge is 2.20. The van der Waals surface area contributed by atoms with Gasteiger partial charge < -0.3 is 24.6 Å². The number of likely N-dealkylation sites (N-methyl/N-ethyl adjacent to an activating group) is 1. The molecule has 0 amide bonds. The lowest BCUT2D eigenvalue weighted by molar-refractivity contribution is 0.215. The molecule has 1 aliphatic heterocycles. The molecule has 6 heteroatoms. The largest absolute Gasteiger partial charge is 0.492 e. The third-order valence-corrected chi connectivity index (χ3v) is 3.98. The normalized spacial score (nSPS) is 19.2. The molecule has 0 aliphatic carbocycles. The van der Waals surface area contributed by atoms with Crippen molar-refractivity contribution in [2.24, 2.45) is 5.92 Å². The molecule has 2 N–H and O–H groups in total. The molecule has 1 aliphatic rings. The maximum absolute atomic E-state index is 9.02. The van der Waals surface area contributed by atoms with Crippen LogP contribution < -0.4 is 10.2 Å². The van der Waals surface area contributed by atoms with Crippen LogP contribution >= 0.6 is 0 Å². The van der Waals surface area contributed by atoms with Gasteiger partial charge in [0.1, 0.15) is 12.4 Å². The SMILES string of the molecule is CN(CCOc1ccc(B(O)O)cc1)CC1CCN(C)C1. The van der Waals surface area contributed by atoms with E-state index in [0.717, 1.165) is 24.8 Å². The first-order valence-electron chi connectivity index (χ1n) is 7.50. The fourth-order valence-corrected chi connectivity index (χ4v) is 2.76. The molecule has 0 saturated carbocycles. The van der Waals surface area contributed by atoms with Crippen LogP contribution in [0, 0.1) is 5.92 Å². The average molecular weight is 292 g/mol. The average Bonchev–Trinajstić information content (AvgIpc) is 2.84. The van der Waals surface area contributed by atoms with Gasteiger partial charge in [-0.3, -0.25) is 0 Å². The van der Waals surface area contributed by atoms with Crippen LogP contribution in [0.3, 0.4) is 0 Å². The van der Waals surface area contributed by atoms with E-state index in [9.17, 15) is 0 Å². The highest BCUT2D eigenvalue weighted by molar-refractivity contribution is 6.58. The predicted octanol–water partition coefficient (Wildman–Crippen LogP) is -0.371. The molecule has 1 heterocycles. The number of hydrogen-bond acceptors (Lipinski definition) is 5. The van der Waals surface area contributed by atoms with Crippen molar-refractivity contribution in [1.82, 2.24) is 9.80 Å². The molecule has 1 aromatic carbocycles. The Morgan fingerprint density at radius 3 is 2.62 bits per heavy atom. The summed E-state index contributed by atoms with van der Waals surface area (Å²) in [6, 6.07) is 6.86. The van der Waals surface area contributed by atoms with E-state index in [0.29, 0.717) is 12.1 Å². The highest BCUT2D eigenvalue weighted by atomic mass is 16.5. The van der Waals surface area contributed by atoms with E-state index in [-0.39, 0.29) is 0 Å². The topological polar surface area (TPSA) is 56.2 Å². The number of rotatable bonds is 7. The van der Waals surface area contributed by atoms with E-state index in [1.165, 1.54) is 19.5 Å². The van der Waals surface area contributed by atoms with Crippen molar-refractivity contribution in [1.29, 1.82) is 0 Å². The molecule has 1 aromatic rings. The second-order valence-electron chi connectivity index (χ2n) is 5.97. The summed E-state index contributed by atoms with van der Waals surface area (Å²) in [5, 5.41) is 18.0. The number of nitrogens with zero attached hydrogens (tertiary/aromatic N) is 2. The zero-order valence-corrected chi connectivity index (χ0v) is 12.9. The van der Waals surface area contributed by atoms with Gasteiger partial charge >= 0.3 is 7.12 Å². The Bertz CT molecular complexity index is 427. The number of benzene rings is 1. The van der Waals surface area contributed by atoms with Crippen molar-refractivity contribution in [3.63, 3.8) is 0 Å². The van der Waals surface area contributed by atoms with E-state index >= 15 is 0 Å². The van der Waals surface area contributed by atoms with Gasteiger partial charge in [0.2, 0.25) is 0 Å². The van der Waals surface area contributed by atoms with Gasteiger partial charge in [-0.1, -0.05) is 12.1 Å². The standard InChI is InChI=1S/C15H25BN2O3/c1-17-8-7-13(11-17)12-18(2)9-10-21-15-5-3-14(4-6-15)16(19)20/h3-6,13,19-20H,7-12H2,1-2H3. The van der Waals surface area contributed by atoms with Crippen molar-refractivity contribution in [2.75, 3.05) is 46.9 Å². The summed E-state index contributed by atoms with van der Waals surface area (Å²) in [6.45, 7) is 5.04. The number of hydrogen-bond donors (Lipinski definition) is 2. The van der Waals surface area contributed by atoms with Crippen molar-refractivity contribution < 1.29 is 14.8 Å². The Labute approximate surface area is 127 Å². The lowest BCUT2D eigenvalue weighted by atomic mass is 9.80. The first-order valence-corrected chi connectivity index (χ1v) is 7.50. The van der Waals surface area contributed by atoms with Crippen molar-refractivity contribution in [3.8, 4) is 5.75 Å². The van der Waals surface area contributed by atoms with Gasteiger partial charge in [0.25, 0.3) is 0 Å². The van der Waals surface area contributed by atoms with Crippen LogP contribution in [0.4, 0.5) is 0 Å². The summed E-state index contributed by atoms with van der Waals surface area (Å²) in [6.07, 6.45) is 1.28. The molecule has 1 saturated heterocycles. The van der Waals surface area contributed by atoms with Gasteiger partial charge in [0, 0.05) is 19.6 Å². The molecule has 21 heavy (non-hydrogen) atoms. The van der Waals surface area contributed by atoms with Crippen LogP contribution in [0.1, 0.15) is 6.42 Å². The molecular weight excluding hydrogens is 267 g/mol. The summed E-state index contributed by atoms with van der Waals surface area (Å²) in [5.41, 5.74) is 0.477. The van der Waals surface area contributed by atoms with E-state index in [4.69, 9.17) is 14.8 Å². The molecule has 1 fully saturated rings. The minimum Gasteiger partial charge on any atom is -0.492 e. The van der Waals surface area contributed by atoms with E-state index in [1.807, 2.05) is 0 Å². The summed E-state index contributed by atoms with van der Waals surface area (Å²) >= 11 is 0. The highest BCUT2D eigenvalue weighted by Crippen LogP contribution is 2.15. The lowest BCUT2D eigenvalue weighted by Gasteiger charge is -2.21. The van der Waals surface area contributed by atoms with Crippen LogP contribution in [-0.2, 0) is 0 Å². The van der Waals surface area contributed by atoms with Gasteiger partial charge in [-0.2, -0.15) is 0 Å². The van der Waals surface area contributed by atoms with E-state index in [2.05, 4.69) is 23.9 Å². The zero-order chi connectivity index (χ0) is 15.2. The van der Waals surface area contributed by atoms with Crippen LogP contribution in [0.5, 0.6) is 5.75 Å². The van der Waals surface area contributed by atoms with Crippen molar-refractivity contribution in [3.05, 3.63) is 24.3 Å². The van der Waals surface area contributed by atoms with E-state index < -0.39 is 7.12 Å². The molecule has 116 valence electrons. The minimum absolute atomic E-state index is 0.477. The molecule has 0 bridgehead atoms. The van der Waals surface area contributed by atoms with Crippen molar-refractivity contribution in [2.45, 2.75) is 6.42 Å². The summed E-state index contributed by atoms with van der Waals surface area (Å²) in [7, 11) is 2.89. The molecule has 1 atom stereocenters. The Hall–Kier alpha value is -1.08. The summed E-state index contributed by atoms with van der Waals surface area (Å²) < 4.78 is 5.68. The monoisotopic (exact) mass is 292 g/mol. The van der Waals surface area contributed by atoms with Crippen molar-refractivity contribution >= 4 is 12.6 Å². The number of ether oxygens (including phenoxy) is 1. The van der Waals surface area contributed by atoms with Gasteiger partial charge in [-0.15, -0.1) is 0 Å². The Morgan fingerprint density at radius 1 is 1.33 bits per heavy atom. The maximum Gasteiger partial charge on any atom is 0.488 e. The first-order chi connectivity index (χ1) is 10.0. The van der Waals surface area contributed by atoms with E-state index in [1.54, 1.807) is 24.3 Å². The molecule has 0 radical (unpaired) electrons. The fraction of sp³-hybridized carbons (Fsp3) is 0.600. The molecule has 5 nitrogen and oxygen atoms in total. The quantitative estimate of drug-likeness (QED) is 0.672. The van der Waals surface area contributed by atoms with Crippen LogP contribution in [0.25, 0.3) is 0 Å². The molecule has 2 rings (SSSR count). The fourth-order valence-electron chi connectivity index (χ4n) is 2.76. The second-order valence-corrected chi connectivity index (χ2v) is 5.97. The Morgan fingerprint density at radius 2 is 2.05 bits per heavy atom. The zero-order valence-electron chi connectivity index (χ0n) is 12.9. The summed E-state index contributed by atoms with van der Waals surface area (Å²) in [4.78, 5) is 4.70. The summed E-state index contributed by atoms with van der Waals surface area (Å²) in [5.74, 6) is 1.53. The van der Waals surface area contributed by atoms with Gasteiger partial charge in [-0.05, 0) is 50.6 Å². The third kappa shape index (κ3) is 5.32. The second kappa shape index (κ2) is 7.80. The lowest BCUT2D eigenvalue weighted by Crippen LogP contribution is -2.31. The third-order valence-electron chi connectivity index (χ3n) is 3.98. The van der Waals surface area contributed by atoms with Crippen LogP contribution in [0.15, 0.2) is 24.3 Å². The minimum atomic E-state index is -1.42. The van der Waals surface area contributed by atoms with Gasteiger partial charge in [-0.25, -0.2) is 0 Å². The Balaban J connectivity index is 1.66. The smallest absolute Gasteiger partial charge is 0.488 e. The predicted molar refractivity (Wildman–Crippen MR) is 84.9 cm³/mol. The molecule has 1 unspecified atom stereocenters. The van der Waals surface area contributed by atoms with Gasteiger partial charge in [0.05, 0.1) is 0 Å². The van der Waals surface area contributed by atoms with Gasteiger partial charge in [0.15, 0.2) is 0 Å². The molecule has 0 spiro atoms. The maximum atomic E-state index is 9.02. The number of likely N-dealkylation sites (tertiary alicyclic amines) is 1.